The summed E-state index contributed by atoms with van der Waals surface area (Å²) in [6.45, 7) is 0. The monoisotopic (exact) mass is 310 g/mol. The molecule has 23 heavy (non-hydrogen) atoms. The van der Waals surface area contributed by atoms with Gasteiger partial charge in [-0.2, -0.15) is 0 Å². The zero-order valence-corrected chi connectivity index (χ0v) is 12.4. The molecule has 0 amide bonds. The fourth-order valence-corrected chi connectivity index (χ4v) is 3.57. The first-order valence-corrected chi connectivity index (χ1v) is 7.65. The van der Waals surface area contributed by atoms with Crippen LogP contribution < -0.4 is 5.73 Å². The fraction of sp³-hybridized carbons (Fsp3) is 0.294. The van der Waals surface area contributed by atoms with Gasteiger partial charge in [-0.15, -0.1) is 0 Å². The van der Waals surface area contributed by atoms with Crippen LogP contribution in [0.2, 0.25) is 0 Å². The molecule has 1 aliphatic rings. The van der Waals surface area contributed by atoms with Crippen LogP contribution in [0.25, 0.3) is 11.0 Å². The Morgan fingerprint density at radius 2 is 1.83 bits per heavy atom. The number of rotatable bonds is 2. The number of nitrogens with two attached hydrogens (primary N) is 1. The molecule has 2 heterocycles. The number of fused-ring (bicyclic) bond motifs is 1. The van der Waals surface area contributed by atoms with E-state index in [9.17, 15) is 10.2 Å². The fourth-order valence-electron chi connectivity index (χ4n) is 3.57. The van der Waals surface area contributed by atoms with Crippen LogP contribution in [0.3, 0.4) is 0 Å². The van der Waals surface area contributed by atoms with Crippen molar-refractivity contribution in [3.8, 4) is 0 Å². The quantitative estimate of drug-likeness (QED) is 0.666. The summed E-state index contributed by atoms with van der Waals surface area (Å²) in [6, 6.07) is 11.4. The highest BCUT2D eigenvalue weighted by Gasteiger charge is 2.43. The van der Waals surface area contributed by atoms with Gasteiger partial charge in [0.15, 0.2) is 0 Å². The second-order valence-corrected chi connectivity index (χ2v) is 6.02. The highest BCUT2D eigenvalue weighted by atomic mass is 16.3. The van der Waals surface area contributed by atoms with Crippen LogP contribution in [0.4, 0.5) is 5.82 Å². The predicted octanol–water partition coefficient (Wildman–Crippen LogP) is 1.46. The van der Waals surface area contributed by atoms with Crippen LogP contribution in [-0.4, -0.2) is 37.0 Å². The SMILES string of the molecule is Nc1ncnc2c1ccn2[C@@H]1C[C@H](c2ccccc2)[C@@H](O)[C@H]1O. The van der Waals surface area contributed by atoms with Crippen molar-refractivity contribution in [3.63, 3.8) is 0 Å². The van der Waals surface area contributed by atoms with Crippen LogP contribution in [0, 0.1) is 0 Å². The molecule has 2 aromatic heterocycles. The van der Waals surface area contributed by atoms with Gasteiger partial charge in [-0.25, -0.2) is 9.97 Å². The van der Waals surface area contributed by atoms with Crippen molar-refractivity contribution in [2.75, 3.05) is 5.73 Å². The van der Waals surface area contributed by atoms with Gasteiger partial charge in [0.25, 0.3) is 0 Å². The van der Waals surface area contributed by atoms with Crippen LogP contribution in [-0.2, 0) is 0 Å². The van der Waals surface area contributed by atoms with Crippen LogP contribution in [0.1, 0.15) is 23.9 Å². The first-order valence-electron chi connectivity index (χ1n) is 7.65. The van der Waals surface area contributed by atoms with Crippen molar-refractivity contribution < 1.29 is 10.2 Å². The Morgan fingerprint density at radius 1 is 1.04 bits per heavy atom. The summed E-state index contributed by atoms with van der Waals surface area (Å²) >= 11 is 0. The average molecular weight is 310 g/mol. The maximum absolute atomic E-state index is 10.5. The van der Waals surface area contributed by atoms with Crippen LogP contribution in [0.15, 0.2) is 48.9 Å². The van der Waals surface area contributed by atoms with Gasteiger partial charge in [-0.05, 0) is 18.1 Å². The third kappa shape index (κ3) is 2.18. The first kappa shape index (κ1) is 14.2. The zero-order chi connectivity index (χ0) is 16.0. The largest absolute Gasteiger partial charge is 0.390 e. The van der Waals surface area contributed by atoms with Gasteiger partial charge >= 0.3 is 0 Å². The Kier molecular flexibility index (Phi) is 3.28. The Balaban J connectivity index is 1.73. The van der Waals surface area contributed by atoms with Gasteiger partial charge in [0, 0.05) is 12.1 Å². The molecule has 0 bridgehead atoms. The molecule has 6 nitrogen and oxygen atoms in total. The van der Waals surface area contributed by atoms with E-state index in [4.69, 9.17) is 5.73 Å². The predicted molar refractivity (Wildman–Crippen MR) is 86.8 cm³/mol. The van der Waals surface area contributed by atoms with E-state index >= 15 is 0 Å². The lowest BCUT2D eigenvalue weighted by atomic mass is 9.95. The van der Waals surface area contributed by atoms with E-state index in [1.807, 2.05) is 47.2 Å². The number of anilines is 1. The Labute approximate surface area is 133 Å². The molecule has 3 aromatic rings. The van der Waals surface area contributed by atoms with E-state index in [1.54, 1.807) is 0 Å². The minimum atomic E-state index is -0.855. The molecular weight excluding hydrogens is 292 g/mol. The summed E-state index contributed by atoms with van der Waals surface area (Å²) in [5.74, 6) is 0.314. The van der Waals surface area contributed by atoms with Crippen LogP contribution in [0.5, 0.6) is 0 Å². The number of benzene rings is 1. The van der Waals surface area contributed by atoms with E-state index in [1.165, 1.54) is 6.33 Å². The Hall–Kier alpha value is -2.44. The highest BCUT2D eigenvalue weighted by Crippen LogP contribution is 2.42. The summed E-state index contributed by atoms with van der Waals surface area (Å²) in [5.41, 5.74) is 7.59. The zero-order valence-electron chi connectivity index (χ0n) is 12.4. The molecule has 0 aliphatic heterocycles. The van der Waals surface area contributed by atoms with Gasteiger partial charge < -0.3 is 20.5 Å². The van der Waals surface area contributed by atoms with E-state index in [-0.39, 0.29) is 12.0 Å². The minimum absolute atomic E-state index is 0.104. The third-order valence-electron chi connectivity index (χ3n) is 4.78. The second kappa shape index (κ2) is 5.33. The lowest BCUT2D eigenvalue weighted by Crippen LogP contribution is -2.28. The number of hydrogen-bond acceptors (Lipinski definition) is 5. The van der Waals surface area contributed by atoms with Crippen molar-refractivity contribution >= 4 is 16.9 Å². The normalized spacial score (nSPS) is 27.6. The maximum atomic E-state index is 10.5. The van der Waals surface area contributed by atoms with E-state index in [0.29, 0.717) is 17.9 Å². The minimum Gasteiger partial charge on any atom is -0.390 e. The Morgan fingerprint density at radius 3 is 2.61 bits per heavy atom. The summed E-state index contributed by atoms with van der Waals surface area (Å²) in [6.07, 6.45) is 2.25. The standard InChI is InChI=1S/C17H18N4O2/c18-16-11-6-7-21(17(11)20-9-19-16)13-8-12(14(22)15(13)23)10-4-2-1-3-5-10/h1-7,9,12-15,22-23H,8H2,(H2,18,19,20)/t12-,13-,14-,15+/m1/s1. The second-order valence-electron chi connectivity index (χ2n) is 6.02. The molecule has 118 valence electrons. The third-order valence-corrected chi connectivity index (χ3v) is 4.78. The first-order chi connectivity index (χ1) is 11.2. The Bertz CT molecular complexity index is 833. The number of aliphatic hydroxyl groups excluding tert-OH is 2. The van der Waals surface area contributed by atoms with E-state index < -0.39 is 12.2 Å². The lowest BCUT2D eigenvalue weighted by molar-refractivity contribution is 0.0179. The van der Waals surface area contributed by atoms with Crippen molar-refractivity contribution in [3.05, 3.63) is 54.5 Å². The van der Waals surface area contributed by atoms with Gasteiger partial charge in [0.05, 0.1) is 17.5 Å². The van der Waals surface area contributed by atoms with Crippen molar-refractivity contribution in [1.29, 1.82) is 0 Å². The number of aliphatic hydroxyl groups is 2. The molecule has 6 heteroatoms. The molecule has 4 atom stereocenters. The molecular formula is C17H18N4O2. The van der Waals surface area contributed by atoms with Gasteiger partial charge in [-0.1, -0.05) is 30.3 Å². The molecule has 1 aliphatic carbocycles. The lowest BCUT2D eigenvalue weighted by Gasteiger charge is -2.19. The summed E-state index contributed by atoms with van der Waals surface area (Å²) in [7, 11) is 0. The van der Waals surface area contributed by atoms with Gasteiger partial charge in [-0.3, -0.25) is 0 Å². The summed E-state index contributed by atoms with van der Waals surface area (Å²) < 4.78 is 1.89. The number of hydrogen-bond donors (Lipinski definition) is 3. The molecule has 0 saturated heterocycles. The van der Waals surface area contributed by atoms with E-state index in [2.05, 4.69) is 9.97 Å². The van der Waals surface area contributed by atoms with Gasteiger partial charge in [0.1, 0.15) is 23.9 Å². The van der Waals surface area contributed by atoms with Crippen molar-refractivity contribution in [2.24, 2.45) is 0 Å². The van der Waals surface area contributed by atoms with E-state index in [0.717, 1.165) is 10.9 Å². The van der Waals surface area contributed by atoms with Crippen LogP contribution >= 0.6 is 0 Å². The highest BCUT2D eigenvalue weighted by molar-refractivity contribution is 5.86. The van der Waals surface area contributed by atoms with Crippen molar-refractivity contribution in [1.82, 2.24) is 14.5 Å². The van der Waals surface area contributed by atoms with Gasteiger partial charge in [0.2, 0.25) is 0 Å². The number of nitrogen functional groups attached to an aromatic ring is 1. The maximum Gasteiger partial charge on any atom is 0.145 e. The smallest absolute Gasteiger partial charge is 0.145 e. The number of nitrogens with zero attached hydrogens (tertiary/aromatic N) is 3. The number of aromatic nitrogens is 3. The molecule has 0 spiro atoms. The van der Waals surface area contributed by atoms with Crippen molar-refractivity contribution in [2.45, 2.75) is 30.6 Å². The topological polar surface area (TPSA) is 97.2 Å². The molecule has 1 saturated carbocycles. The molecule has 0 radical (unpaired) electrons. The average Bonchev–Trinajstić information content (AvgIpc) is 3.12. The molecule has 4 N–H and O–H groups in total. The molecule has 1 aromatic carbocycles. The molecule has 4 rings (SSSR count). The molecule has 0 unspecified atom stereocenters. The summed E-state index contributed by atoms with van der Waals surface area (Å²) in [4.78, 5) is 8.27. The summed E-state index contributed by atoms with van der Waals surface area (Å²) in [5, 5.41) is 21.8. The molecule has 1 fully saturated rings.